The van der Waals surface area contributed by atoms with E-state index in [1.807, 2.05) is 0 Å². The van der Waals surface area contributed by atoms with Gasteiger partial charge in [-0.25, -0.2) is 23.7 Å². The van der Waals surface area contributed by atoms with E-state index < -0.39 is 33.2 Å². The largest absolute Gasteiger partial charge is 0.465 e. The second-order valence-electron chi connectivity index (χ2n) is 4.48. The van der Waals surface area contributed by atoms with Gasteiger partial charge in [-0.05, 0) is 25.1 Å². The molecule has 2 rings (SSSR count). The molecule has 1 aromatic carbocycles. The summed E-state index contributed by atoms with van der Waals surface area (Å²) in [4.78, 5) is 11.5. The van der Waals surface area contributed by atoms with Crippen LogP contribution in [0.3, 0.4) is 0 Å². The van der Waals surface area contributed by atoms with Gasteiger partial charge < -0.3 is 4.74 Å². The van der Waals surface area contributed by atoms with Gasteiger partial charge >= 0.3 is 5.97 Å². The maximum absolute atomic E-state index is 13.0. The highest BCUT2D eigenvalue weighted by atomic mass is 32.2. The van der Waals surface area contributed by atoms with Gasteiger partial charge in [-0.1, -0.05) is 6.07 Å². The first-order valence-electron chi connectivity index (χ1n) is 6.37. The van der Waals surface area contributed by atoms with Crippen molar-refractivity contribution < 1.29 is 22.3 Å². The number of carbonyl (C=O) groups excluding carboxylic acids is 1. The summed E-state index contributed by atoms with van der Waals surface area (Å²) < 4.78 is 44.4. The number of halogens is 1. The molecule has 1 fully saturated rings. The number of hydrogen-bond donors (Lipinski definition) is 3. The third-order valence-corrected chi connectivity index (χ3v) is 4.48. The summed E-state index contributed by atoms with van der Waals surface area (Å²) in [6.45, 7) is 1.88. The topological polar surface area (TPSA) is 96.5 Å². The molecule has 1 aromatic rings. The van der Waals surface area contributed by atoms with E-state index in [9.17, 15) is 17.6 Å². The van der Waals surface area contributed by atoms with Crippen LogP contribution < -0.4 is 15.6 Å². The number of hydrogen-bond acceptors (Lipinski definition) is 6. The molecule has 0 saturated carbocycles. The molecule has 21 heavy (non-hydrogen) atoms. The third kappa shape index (κ3) is 3.90. The molecule has 0 aliphatic carbocycles. The Balaban J connectivity index is 2.03. The zero-order chi connectivity index (χ0) is 15.5. The number of carbonyl (C=O) groups is 1. The van der Waals surface area contributed by atoms with E-state index in [0.29, 0.717) is 0 Å². The molecule has 0 radical (unpaired) electrons. The maximum atomic E-state index is 13.0. The molecule has 3 N–H and O–H groups in total. The first kappa shape index (κ1) is 15.7. The molecule has 1 heterocycles. The van der Waals surface area contributed by atoms with Gasteiger partial charge in [0.05, 0.1) is 12.3 Å². The van der Waals surface area contributed by atoms with Gasteiger partial charge in [0, 0.05) is 6.42 Å². The van der Waals surface area contributed by atoms with Gasteiger partial charge in [0.1, 0.15) is 17.2 Å². The van der Waals surface area contributed by atoms with E-state index in [1.54, 1.807) is 6.92 Å². The lowest BCUT2D eigenvalue weighted by Crippen LogP contribution is -2.41. The first-order chi connectivity index (χ1) is 9.92. The van der Waals surface area contributed by atoms with Gasteiger partial charge in [0.25, 0.3) is 0 Å². The van der Waals surface area contributed by atoms with Crippen LogP contribution in [0.15, 0.2) is 24.3 Å². The molecule has 7 nitrogen and oxygen atoms in total. The lowest BCUT2D eigenvalue weighted by molar-refractivity contribution is -0.145. The third-order valence-electron chi connectivity index (χ3n) is 2.90. The van der Waals surface area contributed by atoms with Crippen LogP contribution in [-0.4, -0.2) is 32.4 Å². The summed E-state index contributed by atoms with van der Waals surface area (Å²) in [5, 5.41) is -1.02. The molecule has 0 spiro atoms. The van der Waals surface area contributed by atoms with Crippen LogP contribution in [0.1, 0.15) is 13.3 Å². The van der Waals surface area contributed by atoms with Crippen LogP contribution in [-0.2, 0) is 19.6 Å². The quantitative estimate of drug-likeness (QED) is 0.677. The zero-order valence-electron chi connectivity index (χ0n) is 11.3. The van der Waals surface area contributed by atoms with Crippen LogP contribution >= 0.6 is 0 Å². The van der Waals surface area contributed by atoms with E-state index in [0.717, 1.165) is 6.07 Å². The highest BCUT2D eigenvalue weighted by molar-refractivity contribution is 7.93. The number of hydrazine groups is 1. The fourth-order valence-electron chi connectivity index (χ4n) is 1.92. The summed E-state index contributed by atoms with van der Waals surface area (Å²) >= 11 is 0. The van der Waals surface area contributed by atoms with Crippen molar-refractivity contribution in [1.82, 2.24) is 10.9 Å². The van der Waals surface area contributed by atoms with Crippen molar-refractivity contribution >= 4 is 21.7 Å². The fourth-order valence-corrected chi connectivity index (χ4v) is 3.18. The summed E-state index contributed by atoms with van der Waals surface area (Å²) in [5.41, 5.74) is 5.22. The molecule has 0 amide bonds. The molecule has 1 saturated heterocycles. The van der Waals surface area contributed by atoms with Crippen molar-refractivity contribution in [3.05, 3.63) is 30.1 Å². The van der Waals surface area contributed by atoms with Gasteiger partial charge in [-0.2, -0.15) is 0 Å². The molecule has 0 aromatic heterocycles. The predicted octanol–water partition coefficient (Wildman–Crippen LogP) is 0.323. The molecular formula is C12H16FN3O4S. The summed E-state index contributed by atoms with van der Waals surface area (Å²) in [7, 11) is -3.81. The van der Waals surface area contributed by atoms with Crippen molar-refractivity contribution in [3.8, 4) is 0 Å². The number of rotatable bonds is 5. The molecule has 1 aliphatic heterocycles. The zero-order valence-corrected chi connectivity index (χ0v) is 12.1. The van der Waals surface area contributed by atoms with E-state index >= 15 is 0 Å². The van der Waals surface area contributed by atoms with E-state index in [2.05, 4.69) is 15.6 Å². The lowest BCUT2D eigenvalue weighted by atomic mass is 10.2. The van der Waals surface area contributed by atoms with Gasteiger partial charge in [-0.3, -0.25) is 9.52 Å². The Bertz CT molecular complexity index is 623. The average Bonchev–Trinajstić information content (AvgIpc) is 2.89. The summed E-state index contributed by atoms with van der Waals surface area (Å²) in [6, 6.07) is 4.38. The molecule has 1 aliphatic rings. The highest BCUT2D eigenvalue weighted by Gasteiger charge is 2.37. The fraction of sp³-hybridized carbons (Fsp3) is 0.417. The van der Waals surface area contributed by atoms with Crippen LogP contribution in [0, 0.1) is 5.82 Å². The number of sulfonamides is 1. The van der Waals surface area contributed by atoms with Gasteiger partial charge in [0.15, 0.2) is 0 Å². The van der Waals surface area contributed by atoms with Gasteiger partial charge in [-0.15, -0.1) is 0 Å². The average molecular weight is 317 g/mol. The van der Waals surface area contributed by atoms with Crippen LogP contribution in [0.25, 0.3) is 0 Å². The number of benzene rings is 1. The van der Waals surface area contributed by atoms with Crippen molar-refractivity contribution in [2.75, 3.05) is 11.3 Å². The van der Waals surface area contributed by atoms with Crippen LogP contribution in [0.2, 0.25) is 0 Å². The van der Waals surface area contributed by atoms with Crippen LogP contribution in [0.4, 0.5) is 10.1 Å². The Morgan fingerprint density at radius 2 is 2.24 bits per heavy atom. The second kappa shape index (κ2) is 6.37. The number of anilines is 1. The molecule has 0 bridgehead atoms. The van der Waals surface area contributed by atoms with E-state index in [1.165, 1.54) is 18.2 Å². The minimum Gasteiger partial charge on any atom is -0.465 e. The lowest BCUT2D eigenvalue weighted by Gasteiger charge is -2.13. The Kier molecular flexibility index (Phi) is 4.76. The van der Waals surface area contributed by atoms with E-state index in [-0.39, 0.29) is 18.7 Å². The molecule has 116 valence electrons. The SMILES string of the molecule is CCOC(=O)C1CC(S(=O)(=O)Nc2cccc(F)c2)NN1. The van der Waals surface area contributed by atoms with E-state index in [4.69, 9.17) is 4.74 Å². The highest BCUT2D eigenvalue weighted by Crippen LogP contribution is 2.17. The number of ether oxygens (including phenoxy) is 1. The first-order valence-corrected chi connectivity index (χ1v) is 7.92. The molecule has 9 heteroatoms. The Morgan fingerprint density at radius 1 is 1.48 bits per heavy atom. The Labute approximate surface area is 121 Å². The minimum absolute atomic E-state index is 0.0173. The van der Waals surface area contributed by atoms with Crippen molar-refractivity contribution in [2.24, 2.45) is 0 Å². The second-order valence-corrected chi connectivity index (χ2v) is 6.34. The smallest absolute Gasteiger partial charge is 0.324 e. The molecular weight excluding hydrogens is 301 g/mol. The molecule has 2 unspecified atom stereocenters. The van der Waals surface area contributed by atoms with Crippen molar-refractivity contribution in [3.63, 3.8) is 0 Å². The van der Waals surface area contributed by atoms with Crippen molar-refractivity contribution in [1.29, 1.82) is 0 Å². The predicted molar refractivity (Wildman–Crippen MR) is 74.0 cm³/mol. The number of nitrogens with one attached hydrogen (secondary N) is 3. The summed E-state index contributed by atoms with van der Waals surface area (Å²) in [6.07, 6.45) is 0.0173. The van der Waals surface area contributed by atoms with Gasteiger partial charge in [0.2, 0.25) is 10.0 Å². The monoisotopic (exact) mass is 317 g/mol. The van der Waals surface area contributed by atoms with Crippen molar-refractivity contribution in [2.45, 2.75) is 24.8 Å². The Hall–Kier alpha value is -1.71. The molecule has 2 atom stereocenters. The van der Waals surface area contributed by atoms with Crippen LogP contribution in [0.5, 0.6) is 0 Å². The number of esters is 1. The minimum atomic E-state index is -3.81. The standard InChI is InChI=1S/C12H16FN3O4S/c1-2-20-12(17)10-7-11(15-14-10)21(18,19)16-9-5-3-4-8(13)6-9/h3-6,10-11,14-16H,2,7H2,1H3. The summed E-state index contributed by atoms with van der Waals surface area (Å²) in [5.74, 6) is -1.06. The normalized spacial score (nSPS) is 22.0. The maximum Gasteiger partial charge on any atom is 0.324 e. The Morgan fingerprint density at radius 3 is 2.90 bits per heavy atom.